The predicted molar refractivity (Wildman–Crippen MR) is 127 cm³/mol. The van der Waals surface area contributed by atoms with E-state index in [4.69, 9.17) is 14.2 Å². The van der Waals surface area contributed by atoms with Crippen molar-refractivity contribution < 1.29 is 23.4 Å². The van der Waals surface area contributed by atoms with Gasteiger partial charge >= 0.3 is 0 Å². The summed E-state index contributed by atoms with van der Waals surface area (Å²) < 4.78 is 30.0. The van der Waals surface area contributed by atoms with E-state index in [-0.39, 0.29) is 19.0 Å². The lowest BCUT2D eigenvalue weighted by molar-refractivity contribution is -0.123. The third-order valence-corrected chi connectivity index (χ3v) is 4.83. The number of rotatable bonds is 9. The molecule has 1 N–H and O–H groups in total. The number of carbonyl (C=O) groups is 1. The van der Waals surface area contributed by atoms with Crippen LogP contribution in [0.5, 0.6) is 17.2 Å². The van der Waals surface area contributed by atoms with Gasteiger partial charge in [-0.1, -0.05) is 30.3 Å². The third-order valence-electron chi connectivity index (χ3n) is 4.83. The van der Waals surface area contributed by atoms with Gasteiger partial charge in [-0.2, -0.15) is 5.10 Å². The Balaban J connectivity index is 1.31. The van der Waals surface area contributed by atoms with Crippen LogP contribution < -0.4 is 19.6 Å². The minimum Gasteiger partial charge on any atom is -0.493 e. The number of pyridine rings is 1. The number of para-hydroxylation sites is 1. The van der Waals surface area contributed by atoms with Gasteiger partial charge in [0.25, 0.3) is 5.91 Å². The molecular formula is C26H22FN3O4. The average Bonchev–Trinajstić information content (AvgIpc) is 2.86. The highest BCUT2D eigenvalue weighted by molar-refractivity contribution is 5.86. The zero-order chi connectivity index (χ0) is 23.8. The van der Waals surface area contributed by atoms with Crippen molar-refractivity contribution in [3.8, 4) is 17.2 Å². The zero-order valence-corrected chi connectivity index (χ0v) is 18.4. The minimum atomic E-state index is -0.411. The Kier molecular flexibility index (Phi) is 7.29. The maximum absolute atomic E-state index is 13.3. The summed E-state index contributed by atoms with van der Waals surface area (Å²) in [7, 11) is 1.52. The third kappa shape index (κ3) is 5.86. The fourth-order valence-corrected chi connectivity index (χ4v) is 3.22. The van der Waals surface area contributed by atoms with E-state index in [1.54, 1.807) is 42.6 Å². The molecule has 0 fully saturated rings. The normalized spacial score (nSPS) is 10.9. The summed E-state index contributed by atoms with van der Waals surface area (Å²) in [5.74, 6) is 0.784. The van der Waals surface area contributed by atoms with E-state index < -0.39 is 5.91 Å². The second-order valence-electron chi connectivity index (χ2n) is 7.24. The fourth-order valence-electron chi connectivity index (χ4n) is 3.22. The Morgan fingerprint density at radius 3 is 2.71 bits per heavy atom. The van der Waals surface area contributed by atoms with Gasteiger partial charge in [0.05, 0.1) is 13.3 Å². The van der Waals surface area contributed by atoms with Crippen LogP contribution in [0.15, 0.2) is 84.1 Å². The van der Waals surface area contributed by atoms with E-state index in [0.717, 1.165) is 5.39 Å². The number of benzene rings is 3. The van der Waals surface area contributed by atoms with Crippen LogP contribution in [0, 0.1) is 5.82 Å². The van der Waals surface area contributed by atoms with Gasteiger partial charge in [0.1, 0.15) is 23.7 Å². The molecule has 0 saturated carbocycles. The van der Waals surface area contributed by atoms with Crippen LogP contribution in [-0.2, 0) is 11.4 Å². The van der Waals surface area contributed by atoms with Crippen LogP contribution in [0.1, 0.15) is 11.1 Å². The molecule has 4 aromatic rings. The van der Waals surface area contributed by atoms with Gasteiger partial charge < -0.3 is 14.2 Å². The molecule has 0 radical (unpaired) electrons. The molecule has 0 aliphatic heterocycles. The monoisotopic (exact) mass is 459 g/mol. The summed E-state index contributed by atoms with van der Waals surface area (Å²) in [6.45, 7) is -0.00690. The Morgan fingerprint density at radius 2 is 1.85 bits per heavy atom. The van der Waals surface area contributed by atoms with Crippen LogP contribution in [-0.4, -0.2) is 30.8 Å². The first-order valence-corrected chi connectivity index (χ1v) is 10.5. The van der Waals surface area contributed by atoms with Crippen molar-refractivity contribution in [2.45, 2.75) is 6.61 Å². The molecular weight excluding hydrogens is 437 g/mol. The van der Waals surface area contributed by atoms with Crippen LogP contribution in [0.4, 0.5) is 4.39 Å². The summed E-state index contributed by atoms with van der Waals surface area (Å²) >= 11 is 0. The SMILES string of the molecule is COc1cc(/C=N/NC(=O)COc2cccc3cccnc23)ccc1OCc1cccc(F)c1. The van der Waals surface area contributed by atoms with Crippen molar-refractivity contribution in [1.82, 2.24) is 10.4 Å². The molecule has 0 atom stereocenters. The van der Waals surface area contributed by atoms with Crippen molar-refractivity contribution in [1.29, 1.82) is 0 Å². The molecule has 0 aliphatic rings. The van der Waals surface area contributed by atoms with Crippen molar-refractivity contribution >= 4 is 23.0 Å². The lowest BCUT2D eigenvalue weighted by atomic mass is 10.2. The first-order chi connectivity index (χ1) is 16.6. The molecule has 0 spiro atoms. The van der Waals surface area contributed by atoms with Gasteiger partial charge in [0, 0.05) is 11.6 Å². The number of halogens is 1. The number of amides is 1. The first kappa shape index (κ1) is 22.7. The lowest BCUT2D eigenvalue weighted by Gasteiger charge is -2.11. The number of hydrogen-bond acceptors (Lipinski definition) is 6. The maximum atomic E-state index is 13.3. The number of hydrazone groups is 1. The zero-order valence-electron chi connectivity index (χ0n) is 18.4. The summed E-state index contributed by atoms with van der Waals surface area (Å²) in [6, 6.07) is 20.7. The summed E-state index contributed by atoms with van der Waals surface area (Å²) in [5, 5.41) is 4.89. The molecule has 172 valence electrons. The van der Waals surface area contributed by atoms with E-state index in [2.05, 4.69) is 15.5 Å². The van der Waals surface area contributed by atoms with E-state index in [9.17, 15) is 9.18 Å². The van der Waals surface area contributed by atoms with Crippen molar-refractivity contribution in [2.75, 3.05) is 13.7 Å². The molecule has 1 aromatic heterocycles. The van der Waals surface area contributed by atoms with Crippen molar-refractivity contribution in [3.63, 3.8) is 0 Å². The largest absolute Gasteiger partial charge is 0.493 e. The van der Waals surface area contributed by atoms with E-state index in [1.165, 1.54) is 25.5 Å². The van der Waals surface area contributed by atoms with E-state index in [1.807, 2.05) is 24.3 Å². The van der Waals surface area contributed by atoms with Crippen LogP contribution in [0.3, 0.4) is 0 Å². The Bertz CT molecular complexity index is 1320. The number of nitrogens with one attached hydrogen (secondary N) is 1. The minimum absolute atomic E-state index is 0.198. The molecule has 4 rings (SSSR count). The number of aromatic nitrogens is 1. The number of methoxy groups -OCH3 is 1. The van der Waals surface area contributed by atoms with Gasteiger partial charge in [0.15, 0.2) is 18.1 Å². The van der Waals surface area contributed by atoms with E-state index in [0.29, 0.717) is 33.9 Å². The highest BCUT2D eigenvalue weighted by atomic mass is 19.1. The van der Waals surface area contributed by atoms with Gasteiger partial charge in [-0.25, -0.2) is 9.82 Å². The molecule has 34 heavy (non-hydrogen) atoms. The number of carbonyl (C=O) groups excluding carboxylic acids is 1. The average molecular weight is 459 g/mol. The van der Waals surface area contributed by atoms with Gasteiger partial charge in [0.2, 0.25) is 0 Å². The highest BCUT2D eigenvalue weighted by Crippen LogP contribution is 2.28. The number of fused-ring (bicyclic) bond motifs is 1. The Labute approximate surface area is 195 Å². The molecule has 1 amide bonds. The van der Waals surface area contributed by atoms with E-state index >= 15 is 0 Å². The highest BCUT2D eigenvalue weighted by Gasteiger charge is 2.08. The standard InChI is InChI=1S/C26H22FN3O4/c1-32-24-14-18(10-11-22(24)33-16-19-5-2-8-21(27)13-19)15-29-30-25(31)17-34-23-9-3-6-20-7-4-12-28-26(20)23/h2-15H,16-17H2,1H3,(H,30,31)/b29-15+. The second kappa shape index (κ2) is 10.9. The Hall–Kier alpha value is -4.46. The van der Waals surface area contributed by atoms with Crippen molar-refractivity contribution in [3.05, 3.63) is 95.9 Å². The Morgan fingerprint density at radius 1 is 1.00 bits per heavy atom. The predicted octanol–water partition coefficient (Wildman–Crippen LogP) is 4.49. The summed E-state index contributed by atoms with van der Waals surface area (Å²) in [6.07, 6.45) is 3.15. The first-order valence-electron chi connectivity index (χ1n) is 10.5. The van der Waals surface area contributed by atoms with Crippen LogP contribution in [0.25, 0.3) is 10.9 Å². The molecule has 0 aliphatic carbocycles. The van der Waals surface area contributed by atoms with Gasteiger partial charge in [-0.15, -0.1) is 0 Å². The molecule has 8 heteroatoms. The van der Waals surface area contributed by atoms with Crippen LogP contribution >= 0.6 is 0 Å². The number of ether oxygens (including phenoxy) is 3. The van der Waals surface area contributed by atoms with Crippen LogP contribution in [0.2, 0.25) is 0 Å². The quantitative estimate of drug-likeness (QED) is 0.295. The lowest BCUT2D eigenvalue weighted by Crippen LogP contribution is -2.24. The second-order valence-corrected chi connectivity index (χ2v) is 7.24. The fraction of sp³-hybridized carbons (Fsp3) is 0.115. The molecule has 7 nitrogen and oxygen atoms in total. The maximum Gasteiger partial charge on any atom is 0.277 e. The molecule has 1 heterocycles. The van der Waals surface area contributed by atoms with Gasteiger partial charge in [-0.3, -0.25) is 9.78 Å². The topological polar surface area (TPSA) is 82.0 Å². The van der Waals surface area contributed by atoms with Gasteiger partial charge in [-0.05, 0) is 53.6 Å². The molecule has 0 unspecified atom stereocenters. The molecule has 0 saturated heterocycles. The summed E-state index contributed by atoms with van der Waals surface area (Å²) in [4.78, 5) is 16.4. The summed E-state index contributed by atoms with van der Waals surface area (Å²) in [5.41, 5.74) is 4.51. The number of hydrogen-bond donors (Lipinski definition) is 1. The number of nitrogens with zero attached hydrogens (tertiary/aromatic N) is 2. The molecule has 0 bridgehead atoms. The van der Waals surface area contributed by atoms with Crippen molar-refractivity contribution in [2.24, 2.45) is 5.10 Å². The molecule has 3 aromatic carbocycles. The smallest absolute Gasteiger partial charge is 0.277 e.